The smallest absolute Gasteiger partial charge is 0.115 e. The van der Waals surface area contributed by atoms with Gasteiger partial charge in [0.25, 0.3) is 0 Å². The highest BCUT2D eigenvalue weighted by molar-refractivity contribution is 9.11. The Hall–Kier alpha value is -2.36. The molecule has 0 fully saturated rings. The predicted molar refractivity (Wildman–Crippen MR) is 112 cm³/mol. The molecule has 5 aromatic rings. The molecule has 0 amide bonds. The summed E-state index contributed by atoms with van der Waals surface area (Å²) >= 11 is 5.67. The van der Waals surface area contributed by atoms with Crippen molar-refractivity contribution in [2.24, 2.45) is 0 Å². The minimum Gasteiger partial charge on any atom is -0.508 e. The van der Waals surface area contributed by atoms with Gasteiger partial charge in [-0.05, 0) is 56.0 Å². The fourth-order valence-electron chi connectivity index (χ4n) is 3.53. The second-order valence-corrected chi connectivity index (χ2v) is 7.93. The number of rotatable bonds is 1. The summed E-state index contributed by atoms with van der Waals surface area (Å²) in [5, 5.41) is 14.7. The summed E-state index contributed by atoms with van der Waals surface area (Å²) in [7, 11) is 0. The van der Waals surface area contributed by atoms with E-state index in [-0.39, 0.29) is 5.75 Å². The normalized spacial score (nSPS) is 11.6. The summed E-state index contributed by atoms with van der Waals surface area (Å²) in [6.45, 7) is 0. The van der Waals surface area contributed by atoms with Crippen molar-refractivity contribution in [1.29, 1.82) is 0 Å². The first-order valence-electron chi connectivity index (χ1n) is 8.05. The molecule has 0 aliphatic carbocycles. The van der Waals surface area contributed by atoms with Crippen LogP contribution in [0, 0.1) is 0 Å². The summed E-state index contributed by atoms with van der Waals surface area (Å²) in [5.74, 6) is 0.289. The molecule has 3 heteroatoms. The number of thiophene rings is 1. The van der Waals surface area contributed by atoms with Crippen molar-refractivity contribution in [1.82, 2.24) is 0 Å². The second-order valence-electron chi connectivity index (χ2n) is 6.08. The van der Waals surface area contributed by atoms with Crippen LogP contribution in [-0.4, -0.2) is 5.11 Å². The van der Waals surface area contributed by atoms with Crippen molar-refractivity contribution in [3.63, 3.8) is 0 Å². The van der Waals surface area contributed by atoms with Crippen molar-refractivity contribution < 1.29 is 5.11 Å². The topological polar surface area (TPSA) is 20.2 Å². The largest absolute Gasteiger partial charge is 0.508 e. The molecule has 1 heterocycles. The minimum atomic E-state index is 0.289. The van der Waals surface area contributed by atoms with E-state index in [0.29, 0.717) is 0 Å². The highest BCUT2D eigenvalue weighted by atomic mass is 79.9. The van der Waals surface area contributed by atoms with Crippen LogP contribution in [0.2, 0.25) is 0 Å². The van der Waals surface area contributed by atoms with Gasteiger partial charge in [-0.2, -0.15) is 0 Å². The van der Waals surface area contributed by atoms with Crippen molar-refractivity contribution in [3.05, 3.63) is 77.3 Å². The quantitative estimate of drug-likeness (QED) is 0.309. The van der Waals surface area contributed by atoms with Gasteiger partial charge in [0.05, 0.1) is 4.70 Å². The van der Waals surface area contributed by atoms with E-state index in [0.717, 1.165) is 10.0 Å². The Balaban J connectivity index is 2.08. The van der Waals surface area contributed by atoms with E-state index in [2.05, 4.69) is 64.5 Å². The molecule has 1 nitrogen and oxygen atoms in total. The molecule has 0 aliphatic heterocycles. The van der Waals surface area contributed by atoms with E-state index >= 15 is 0 Å². The number of hydrogen-bond acceptors (Lipinski definition) is 2. The molecule has 1 aromatic heterocycles. The highest BCUT2D eigenvalue weighted by Gasteiger charge is 2.18. The van der Waals surface area contributed by atoms with E-state index < -0.39 is 0 Å². The van der Waals surface area contributed by atoms with Gasteiger partial charge in [-0.15, -0.1) is 11.3 Å². The van der Waals surface area contributed by atoms with Gasteiger partial charge in [0.1, 0.15) is 5.75 Å². The van der Waals surface area contributed by atoms with E-state index in [4.69, 9.17) is 0 Å². The van der Waals surface area contributed by atoms with Crippen LogP contribution in [0.1, 0.15) is 0 Å². The van der Waals surface area contributed by atoms with Gasteiger partial charge in [-0.3, -0.25) is 0 Å². The molecule has 0 aliphatic rings. The number of phenolic OH excluding ortho intramolecular Hbond substituents is 1. The number of benzene rings is 4. The van der Waals surface area contributed by atoms with E-state index in [1.807, 2.05) is 23.5 Å². The average molecular weight is 405 g/mol. The Morgan fingerprint density at radius 2 is 1.36 bits per heavy atom. The summed E-state index contributed by atoms with van der Waals surface area (Å²) in [6.07, 6.45) is 0. The third-order valence-corrected chi connectivity index (χ3v) is 6.91. The molecular formula is C22H13BrOS. The zero-order chi connectivity index (χ0) is 17.0. The van der Waals surface area contributed by atoms with Crippen LogP contribution in [0.5, 0.6) is 5.75 Å². The van der Waals surface area contributed by atoms with Gasteiger partial charge in [-0.25, -0.2) is 0 Å². The summed E-state index contributed by atoms with van der Waals surface area (Å²) < 4.78 is 3.71. The zero-order valence-corrected chi connectivity index (χ0v) is 15.6. The average Bonchev–Trinajstić information content (AvgIpc) is 3.03. The Labute approximate surface area is 157 Å². The van der Waals surface area contributed by atoms with Gasteiger partial charge in [0.2, 0.25) is 0 Å². The van der Waals surface area contributed by atoms with Crippen LogP contribution >= 0.6 is 27.3 Å². The lowest BCUT2D eigenvalue weighted by atomic mass is 9.93. The summed E-state index contributed by atoms with van der Waals surface area (Å²) in [6, 6.07) is 24.6. The second kappa shape index (κ2) is 5.58. The number of aromatic hydroxyl groups is 1. The molecule has 5 rings (SSSR count). The molecule has 0 atom stereocenters. The monoisotopic (exact) mass is 404 g/mol. The highest BCUT2D eigenvalue weighted by Crippen LogP contribution is 2.48. The first kappa shape index (κ1) is 14.9. The fraction of sp³-hybridized carbons (Fsp3) is 0. The van der Waals surface area contributed by atoms with Crippen LogP contribution in [0.15, 0.2) is 77.3 Å². The van der Waals surface area contributed by atoms with E-state index in [1.54, 1.807) is 12.1 Å². The standard InChI is InChI=1S/C22H13BrOS/c23-21-16-6-2-1-5-15(16)19(13-9-11-14(24)12-10-13)20-17-7-3-4-8-18(17)25-22(20)21/h1-12,24H. The summed E-state index contributed by atoms with van der Waals surface area (Å²) in [5.41, 5.74) is 2.35. The predicted octanol–water partition coefficient (Wildman–Crippen LogP) is 7.34. The van der Waals surface area contributed by atoms with E-state index in [1.165, 1.54) is 36.5 Å². The van der Waals surface area contributed by atoms with Gasteiger partial charge in [0, 0.05) is 19.9 Å². The lowest BCUT2D eigenvalue weighted by molar-refractivity contribution is 0.475. The molecule has 25 heavy (non-hydrogen) atoms. The van der Waals surface area contributed by atoms with Gasteiger partial charge >= 0.3 is 0 Å². The minimum absolute atomic E-state index is 0.289. The van der Waals surface area contributed by atoms with Crippen LogP contribution < -0.4 is 0 Å². The van der Waals surface area contributed by atoms with E-state index in [9.17, 15) is 5.11 Å². The maximum absolute atomic E-state index is 9.70. The van der Waals surface area contributed by atoms with Gasteiger partial charge in [0.15, 0.2) is 0 Å². The molecule has 120 valence electrons. The molecular weight excluding hydrogens is 392 g/mol. The van der Waals surface area contributed by atoms with Crippen LogP contribution in [-0.2, 0) is 0 Å². The maximum atomic E-state index is 9.70. The van der Waals surface area contributed by atoms with Crippen molar-refractivity contribution >= 4 is 58.2 Å². The first-order chi connectivity index (χ1) is 12.2. The molecule has 4 aromatic carbocycles. The molecule has 0 radical (unpaired) electrons. The Morgan fingerprint density at radius 3 is 2.12 bits per heavy atom. The number of fused-ring (bicyclic) bond motifs is 4. The Morgan fingerprint density at radius 1 is 0.720 bits per heavy atom. The van der Waals surface area contributed by atoms with Gasteiger partial charge in [-0.1, -0.05) is 54.6 Å². The van der Waals surface area contributed by atoms with Crippen molar-refractivity contribution in [2.45, 2.75) is 0 Å². The first-order valence-corrected chi connectivity index (χ1v) is 9.66. The molecule has 0 bridgehead atoms. The number of hydrogen-bond donors (Lipinski definition) is 1. The van der Waals surface area contributed by atoms with Crippen LogP contribution in [0.3, 0.4) is 0 Å². The molecule has 0 saturated heterocycles. The fourth-order valence-corrected chi connectivity index (χ4v) is 5.47. The number of halogens is 1. The molecule has 1 N–H and O–H groups in total. The summed E-state index contributed by atoms with van der Waals surface area (Å²) in [4.78, 5) is 0. The van der Waals surface area contributed by atoms with Crippen molar-refractivity contribution in [3.8, 4) is 16.9 Å². The van der Waals surface area contributed by atoms with Crippen molar-refractivity contribution in [2.75, 3.05) is 0 Å². The lowest BCUT2D eigenvalue weighted by Gasteiger charge is -2.12. The zero-order valence-electron chi connectivity index (χ0n) is 13.2. The molecule has 0 spiro atoms. The SMILES string of the molecule is Oc1ccc(-c2c3ccccc3c(Br)c3sc4ccccc4c23)cc1. The number of phenols is 1. The third-order valence-electron chi connectivity index (χ3n) is 4.63. The maximum Gasteiger partial charge on any atom is 0.115 e. The molecule has 0 saturated carbocycles. The Kier molecular flexibility index (Phi) is 3.34. The van der Waals surface area contributed by atoms with Gasteiger partial charge < -0.3 is 5.11 Å². The molecule has 0 unspecified atom stereocenters. The lowest BCUT2D eigenvalue weighted by Crippen LogP contribution is -1.85. The van der Waals surface area contributed by atoms with Crippen LogP contribution in [0.25, 0.3) is 42.1 Å². The third kappa shape index (κ3) is 2.20. The Bertz CT molecular complexity index is 1250. The van der Waals surface area contributed by atoms with Crippen LogP contribution in [0.4, 0.5) is 0 Å².